The lowest BCUT2D eigenvalue weighted by molar-refractivity contribution is 0.378. The van der Waals surface area contributed by atoms with Crippen molar-refractivity contribution in [2.75, 3.05) is 18.0 Å². The van der Waals surface area contributed by atoms with E-state index < -0.39 is 0 Å². The van der Waals surface area contributed by atoms with Gasteiger partial charge < -0.3 is 10.2 Å². The molecular weight excluding hydrogens is 220 g/mol. The molecule has 1 heterocycles. The largest absolute Gasteiger partial charge is 0.365 e. The fourth-order valence-electron chi connectivity index (χ4n) is 2.89. The van der Waals surface area contributed by atoms with E-state index in [4.69, 9.17) is 0 Å². The molecule has 0 spiro atoms. The topological polar surface area (TPSA) is 15.3 Å². The first-order chi connectivity index (χ1) is 8.80. The van der Waals surface area contributed by atoms with Crippen molar-refractivity contribution in [2.45, 2.75) is 52.1 Å². The van der Waals surface area contributed by atoms with Gasteiger partial charge in [0, 0.05) is 30.9 Å². The SMILES string of the molecule is CCc1ccccc1N1CC(CC)NCC1CC. The first kappa shape index (κ1) is 13.4. The van der Waals surface area contributed by atoms with Crippen molar-refractivity contribution in [3.63, 3.8) is 0 Å². The summed E-state index contributed by atoms with van der Waals surface area (Å²) in [7, 11) is 0. The van der Waals surface area contributed by atoms with Gasteiger partial charge in [0.15, 0.2) is 0 Å². The van der Waals surface area contributed by atoms with Gasteiger partial charge in [0.05, 0.1) is 0 Å². The molecule has 1 aromatic rings. The van der Waals surface area contributed by atoms with Crippen LogP contribution in [0.1, 0.15) is 39.2 Å². The Labute approximate surface area is 111 Å². The Hall–Kier alpha value is -1.02. The maximum absolute atomic E-state index is 3.67. The molecule has 0 amide bonds. The fraction of sp³-hybridized carbons (Fsp3) is 0.625. The summed E-state index contributed by atoms with van der Waals surface area (Å²) in [6.45, 7) is 9.08. The Morgan fingerprint density at radius 2 is 1.94 bits per heavy atom. The predicted molar refractivity (Wildman–Crippen MR) is 79.3 cm³/mol. The van der Waals surface area contributed by atoms with Crippen LogP contribution >= 0.6 is 0 Å². The van der Waals surface area contributed by atoms with Crippen LogP contribution in [0.5, 0.6) is 0 Å². The van der Waals surface area contributed by atoms with E-state index in [1.54, 1.807) is 0 Å². The highest BCUT2D eigenvalue weighted by molar-refractivity contribution is 5.55. The van der Waals surface area contributed by atoms with Crippen molar-refractivity contribution in [3.8, 4) is 0 Å². The molecule has 1 aliphatic heterocycles. The van der Waals surface area contributed by atoms with Gasteiger partial charge in [-0.05, 0) is 30.9 Å². The van der Waals surface area contributed by atoms with E-state index in [1.807, 2.05) is 0 Å². The second-order valence-electron chi connectivity index (χ2n) is 5.21. The molecule has 0 bridgehead atoms. The highest BCUT2D eigenvalue weighted by atomic mass is 15.2. The third kappa shape index (κ3) is 2.69. The minimum absolute atomic E-state index is 0.637. The van der Waals surface area contributed by atoms with Gasteiger partial charge in [-0.25, -0.2) is 0 Å². The number of hydrogen-bond acceptors (Lipinski definition) is 2. The van der Waals surface area contributed by atoms with Gasteiger partial charge in [0.1, 0.15) is 0 Å². The number of hydrogen-bond donors (Lipinski definition) is 1. The number of benzene rings is 1. The lowest BCUT2D eigenvalue weighted by Crippen LogP contribution is -2.56. The van der Waals surface area contributed by atoms with Crippen LogP contribution in [-0.4, -0.2) is 25.2 Å². The molecule has 2 rings (SSSR count). The Kier molecular flexibility index (Phi) is 4.65. The molecule has 1 fully saturated rings. The van der Waals surface area contributed by atoms with Gasteiger partial charge in [0.2, 0.25) is 0 Å². The number of para-hydroxylation sites is 1. The third-order valence-electron chi connectivity index (χ3n) is 4.15. The van der Waals surface area contributed by atoms with Gasteiger partial charge in [-0.15, -0.1) is 0 Å². The second kappa shape index (κ2) is 6.24. The average molecular weight is 246 g/mol. The van der Waals surface area contributed by atoms with Crippen LogP contribution in [0.4, 0.5) is 5.69 Å². The molecule has 2 heteroatoms. The molecule has 18 heavy (non-hydrogen) atoms. The van der Waals surface area contributed by atoms with Crippen LogP contribution < -0.4 is 10.2 Å². The first-order valence-electron chi connectivity index (χ1n) is 7.38. The molecule has 1 N–H and O–H groups in total. The first-order valence-corrected chi connectivity index (χ1v) is 7.38. The number of nitrogens with zero attached hydrogens (tertiary/aromatic N) is 1. The molecule has 0 radical (unpaired) electrons. The quantitative estimate of drug-likeness (QED) is 0.877. The van der Waals surface area contributed by atoms with Crippen molar-refractivity contribution in [1.82, 2.24) is 5.32 Å². The fourth-order valence-corrected chi connectivity index (χ4v) is 2.89. The standard InChI is InChI=1S/C16H26N2/c1-4-13-9-7-8-10-16(13)18-12-14(5-2)17-11-15(18)6-3/h7-10,14-15,17H,4-6,11-12H2,1-3H3. The molecular formula is C16H26N2. The van der Waals surface area contributed by atoms with Gasteiger partial charge in [-0.3, -0.25) is 0 Å². The Bertz CT molecular complexity index is 375. The molecule has 0 saturated carbocycles. The number of nitrogens with one attached hydrogen (secondary N) is 1. The molecule has 0 aliphatic carbocycles. The van der Waals surface area contributed by atoms with Gasteiger partial charge in [-0.2, -0.15) is 0 Å². The predicted octanol–water partition coefficient (Wildman–Crippen LogP) is 3.22. The van der Waals surface area contributed by atoms with Gasteiger partial charge in [-0.1, -0.05) is 39.0 Å². The number of piperazine rings is 1. The van der Waals surface area contributed by atoms with E-state index in [-0.39, 0.29) is 0 Å². The van der Waals surface area contributed by atoms with E-state index in [0.717, 1.165) is 19.5 Å². The molecule has 1 aliphatic rings. The summed E-state index contributed by atoms with van der Waals surface area (Å²) in [5.41, 5.74) is 2.93. The van der Waals surface area contributed by atoms with Crippen molar-refractivity contribution < 1.29 is 0 Å². The Morgan fingerprint density at radius 1 is 1.17 bits per heavy atom. The second-order valence-corrected chi connectivity index (χ2v) is 5.21. The van der Waals surface area contributed by atoms with E-state index in [2.05, 4.69) is 55.3 Å². The molecule has 1 aromatic carbocycles. The lowest BCUT2D eigenvalue weighted by Gasteiger charge is -2.42. The molecule has 100 valence electrons. The number of aryl methyl sites for hydroxylation is 1. The summed E-state index contributed by atoms with van der Waals surface area (Å²) >= 11 is 0. The molecule has 2 unspecified atom stereocenters. The third-order valence-corrected chi connectivity index (χ3v) is 4.15. The van der Waals surface area contributed by atoms with Crippen LogP contribution in [0, 0.1) is 0 Å². The average Bonchev–Trinajstić information content (AvgIpc) is 2.46. The summed E-state index contributed by atoms with van der Waals surface area (Å²) in [5, 5.41) is 3.67. The minimum atomic E-state index is 0.637. The van der Waals surface area contributed by atoms with Crippen LogP contribution in [0.25, 0.3) is 0 Å². The number of anilines is 1. The maximum Gasteiger partial charge on any atom is 0.0412 e. The molecule has 0 aromatic heterocycles. The van der Waals surface area contributed by atoms with E-state index in [0.29, 0.717) is 12.1 Å². The number of rotatable bonds is 4. The van der Waals surface area contributed by atoms with E-state index in [9.17, 15) is 0 Å². The summed E-state index contributed by atoms with van der Waals surface area (Å²) in [6, 6.07) is 10.2. The molecule has 2 atom stereocenters. The van der Waals surface area contributed by atoms with Crippen molar-refractivity contribution in [3.05, 3.63) is 29.8 Å². The highest BCUT2D eigenvalue weighted by Crippen LogP contribution is 2.26. The van der Waals surface area contributed by atoms with E-state index in [1.165, 1.54) is 24.1 Å². The van der Waals surface area contributed by atoms with Crippen LogP contribution in [0.2, 0.25) is 0 Å². The lowest BCUT2D eigenvalue weighted by atomic mass is 10.0. The maximum atomic E-state index is 3.67. The summed E-state index contributed by atoms with van der Waals surface area (Å²) < 4.78 is 0. The van der Waals surface area contributed by atoms with Gasteiger partial charge in [0.25, 0.3) is 0 Å². The minimum Gasteiger partial charge on any atom is -0.365 e. The Balaban J connectivity index is 2.26. The monoisotopic (exact) mass is 246 g/mol. The van der Waals surface area contributed by atoms with E-state index >= 15 is 0 Å². The Morgan fingerprint density at radius 3 is 2.61 bits per heavy atom. The smallest absolute Gasteiger partial charge is 0.0412 e. The van der Waals surface area contributed by atoms with Gasteiger partial charge >= 0.3 is 0 Å². The van der Waals surface area contributed by atoms with Crippen LogP contribution in [0.3, 0.4) is 0 Å². The summed E-state index contributed by atoms with van der Waals surface area (Å²) in [5.74, 6) is 0. The summed E-state index contributed by atoms with van der Waals surface area (Å²) in [6.07, 6.45) is 3.54. The zero-order valence-corrected chi connectivity index (χ0v) is 11.9. The normalized spacial score (nSPS) is 24.3. The zero-order chi connectivity index (χ0) is 13.0. The van der Waals surface area contributed by atoms with Crippen molar-refractivity contribution in [2.24, 2.45) is 0 Å². The molecule has 1 saturated heterocycles. The van der Waals surface area contributed by atoms with Crippen molar-refractivity contribution >= 4 is 5.69 Å². The molecule has 2 nitrogen and oxygen atoms in total. The van der Waals surface area contributed by atoms with Crippen LogP contribution in [0.15, 0.2) is 24.3 Å². The highest BCUT2D eigenvalue weighted by Gasteiger charge is 2.26. The zero-order valence-electron chi connectivity index (χ0n) is 11.9. The van der Waals surface area contributed by atoms with Crippen molar-refractivity contribution in [1.29, 1.82) is 0 Å². The van der Waals surface area contributed by atoms with Crippen LogP contribution in [-0.2, 0) is 6.42 Å². The summed E-state index contributed by atoms with van der Waals surface area (Å²) in [4.78, 5) is 2.63.